The van der Waals surface area contributed by atoms with Gasteiger partial charge in [-0.15, -0.1) is 0 Å². The normalized spacial score (nSPS) is 12.3. The summed E-state index contributed by atoms with van der Waals surface area (Å²) in [6, 6.07) is 3.36. The molecule has 1 atom stereocenters. The topological polar surface area (TPSA) is 53.7 Å². The van der Waals surface area contributed by atoms with E-state index in [1.165, 1.54) is 21.1 Å². The minimum atomic E-state index is -1.15. The first-order valence-corrected chi connectivity index (χ1v) is 4.84. The molecule has 90 valence electrons. The van der Waals surface area contributed by atoms with Gasteiger partial charge in [0.2, 0.25) is 0 Å². The van der Waals surface area contributed by atoms with Gasteiger partial charge in [-0.2, -0.15) is 0 Å². The Morgan fingerprint density at radius 3 is 2.44 bits per heavy atom. The average molecular weight is 229 g/mol. The van der Waals surface area contributed by atoms with Crippen LogP contribution in [-0.2, 0) is 11.4 Å². The monoisotopic (exact) mass is 229 g/mol. The van der Waals surface area contributed by atoms with E-state index in [4.69, 9.17) is 15.4 Å². The van der Waals surface area contributed by atoms with Crippen LogP contribution in [0.1, 0.15) is 24.2 Å². The highest BCUT2D eigenvalue weighted by molar-refractivity contribution is 5.50. The molecule has 0 aromatic heterocycles. The van der Waals surface area contributed by atoms with Gasteiger partial charge >= 0.3 is 0 Å². The first-order valence-electron chi connectivity index (χ1n) is 4.84. The van der Waals surface area contributed by atoms with Gasteiger partial charge in [-0.1, -0.05) is 0 Å². The molecule has 1 aromatic rings. The summed E-state index contributed by atoms with van der Waals surface area (Å²) in [5.74, 6) is 5.85. The molecule has 2 N–H and O–H groups in total. The van der Waals surface area contributed by atoms with Crippen LogP contribution >= 0.6 is 0 Å². The van der Waals surface area contributed by atoms with Crippen LogP contribution in [0.3, 0.4) is 0 Å². The zero-order chi connectivity index (χ0) is 12.1. The molecule has 0 spiro atoms. The third-order valence-electron chi connectivity index (χ3n) is 2.25. The first kappa shape index (κ1) is 12.7. The van der Waals surface area contributed by atoms with Crippen LogP contribution in [0.5, 0.6) is 11.5 Å². The van der Waals surface area contributed by atoms with Gasteiger partial charge in [0.1, 0.15) is 6.17 Å². The van der Waals surface area contributed by atoms with Crippen molar-refractivity contribution < 1.29 is 18.7 Å². The fraction of sp³-hybridized carbons (Fsp3) is 0.455. The van der Waals surface area contributed by atoms with E-state index in [2.05, 4.69) is 4.84 Å². The van der Waals surface area contributed by atoms with Crippen molar-refractivity contribution in [3.05, 3.63) is 23.3 Å². The average Bonchev–Trinajstić information content (AvgIpc) is 2.28. The highest BCUT2D eigenvalue weighted by Crippen LogP contribution is 2.37. The van der Waals surface area contributed by atoms with Gasteiger partial charge in [-0.25, -0.2) is 10.3 Å². The Hall–Kier alpha value is -1.33. The maximum atomic E-state index is 13.4. The van der Waals surface area contributed by atoms with Gasteiger partial charge < -0.3 is 9.47 Å². The van der Waals surface area contributed by atoms with Crippen LogP contribution in [0.25, 0.3) is 0 Å². The van der Waals surface area contributed by atoms with Crippen LogP contribution in [0.2, 0.25) is 0 Å². The lowest BCUT2D eigenvalue weighted by Gasteiger charge is -2.15. The van der Waals surface area contributed by atoms with Crippen LogP contribution in [0.15, 0.2) is 12.1 Å². The van der Waals surface area contributed by atoms with E-state index in [9.17, 15) is 4.39 Å². The summed E-state index contributed by atoms with van der Waals surface area (Å²) in [6.45, 7) is 1.63. The van der Waals surface area contributed by atoms with E-state index < -0.39 is 6.17 Å². The molecule has 0 fully saturated rings. The number of benzene rings is 1. The van der Waals surface area contributed by atoms with Gasteiger partial charge in [-0.05, 0) is 24.6 Å². The molecule has 0 aliphatic heterocycles. The lowest BCUT2D eigenvalue weighted by atomic mass is 10.1. The van der Waals surface area contributed by atoms with Crippen LogP contribution in [0.4, 0.5) is 4.39 Å². The quantitative estimate of drug-likeness (QED) is 0.786. The Labute approximate surface area is 94.1 Å². The zero-order valence-electron chi connectivity index (χ0n) is 9.62. The third kappa shape index (κ3) is 2.62. The number of hydrogen-bond donors (Lipinski definition) is 1. The van der Waals surface area contributed by atoms with Crippen molar-refractivity contribution in [3.8, 4) is 11.5 Å². The zero-order valence-corrected chi connectivity index (χ0v) is 9.62. The molecule has 0 radical (unpaired) electrons. The minimum absolute atomic E-state index is 0.195. The number of nitrogens with two attached hydrogens (primary N) is 1. The Morgan fingerprint density at radius 1 is 1.31 bits per heavy atom. The lowest BCUT2D eigenvalue weighted by molar-refractivity contribution is 0.123. The fourth-order valence-electron chi connectivity index (χ4n) is 1.53. The predicted octanol–water partition coefficient (Wildman–Crippen LogP) is 2.12. The summed E-state index contributed by atoms with van der Waals surface area (Å²) in [4.78, 5) is 4.52. The third-order valence-corrected chi connectivity index (χ3v) is 2.25. The van der Waals surface area contributed by atoms with E-state index in [0.717, 1.165) is 5.56 Å². The van der Waals surface area contributed by atoms with Crippen LogP contribution in [-0.4, -0.2) is 14.2 Å². The second-order valence-corrected chi connectivity index (χ2v) is 3.35. The van der Waals surface area contributed by atoms with Gasteiger partial charge in [0.25, 0.3) is 0 Å². The molecule has 16 heavy (non-hydrogen) atoms. The summed E-state index contributed by atoms with van der Waals surface area (Å²) < 4.78 is 23.7. The number of methoxy groups -OCH3 is 2. The molecule has 0 saturated heterocycles. The molecule has 0 amide bonds. The van der Waals surface area contributed by atoms with Gasteiger partial charge in [-0.3, -0.25) is 4.84 Å². The minimum Gasteiger partial charge on any atom is -0.493 e. The Morgan fingerprint density at radius 2 is 2.00 bits per heavy atom. The van der Waals surface area contributed by atoms with Crippen molar-refractivity contribution in [3.63, 3.8) is 0 Å². The van der Waals surface area contributed by atoms with Crippen molar-refractivity contribution in [2.45, 2.75) is 19.7 Å². The summed E-state index contributed by atoms with van der Waals surface area (Å²) in [7, 11) is 2.97. The SMILES string of the molecule is COc1cc(CON)cc(C(C)F)c1OC. The number of hydrogen-bond acceptors (Lipinski definition) is 4. The predicted molar refractivity (Wildman–Crippen MR) is 58.0 cm³/mol. The molecule has 5 heteroatoms. The molecule has 0 bridgehead atoms. The maximum absolute atomic E-state index is 13.4. The molecule has 1 rings (SSSR count). The Balaban J connectivity index is 3.25. The van der Waals surface area contributed by atoms with Crippen molar-refractivity contribution in [1.82, 2.24) is 0 Å². The summed E-state index contributed by atoms with van der Waals surface area (Å²) in [5, 5.41) is 0. The largest absolute Gasteiger partial charge is 0.493 e. The Bertz CT molecular complexity index is 355. The second-order valence-electron chi connectivity index (χ2n) is 3.35. The highest BCUT2D eigenvalue weighted by atomic mass is 19.1. The molecule has 0 aliphatic rings. The number of alkyl halides is 1. The van der Waals surface area contributed by atoms with E-state index in [1.807, 2.05) is 0 Å². The summed E-state index contributed by atoms with van der Waals surface area (Å²) in [6.07, 6.45) is -1.15. The lowest BCUT2D eigenvalue weighted by Crippen LogP contribution is -2.03. The van der Waals surface area contributed by atoms with Gasteiger partial charge in [0.15, 0.2) is 11.5 Å². The molecule has 0 heterocycles. The van der Waals surface area contributed by atoms with Gasteiger partial charge in [0, 0.05) is 5.56 Å². The summed E-state index contributed by atoms with van der Waals surface area (Å²) >= 11 is 0. The number of rotatable bonds is 5. The molecule has 1 aromatic carbocycles. The van der Waals surface area contributed by atoms with Crippen molar-refractivity contribution in [2.75, 3.05) is 14.2 Å². The molecular weight excluding hydrogens is 213 g/mol. The second kappa shape index (κ2) is 5.67. The first-order chi connectivity index (χ1) is 7.63. The van der Waals surface area contributed by atoms with Crippen LogP contribution in [0, 0.1) is 0 Å². The molecule has 4 nitrogen and oxygen atoms in total. The van der Waals surface area contributed by atoms with E-state index in [0.29, 0.717) is 17.1 Å². The molecule has 1 unspecified atom stereocenters. The number of ether oxygens (including phenoxy) is 2. The van der Waals surface area contributed by atoms with Crippen molar-refractivity contribution >= 4 is 0 Å². The number of halogens is 1. The van der Waals surface area contributed by atoms with Crippen LogP contribution < -0.4 is 15.4 Å². The van der Waals surface area contributed by atoms with E-state index in [-0.39, 0.29) is 6.61 Å². The molecule has 0 aliphatic carbocycles. The maximum Gasteiger partial charge on any atom is 0.166 e. The summed E-state index contributed by atoms with van der Waals surface area (Å²) in [5.41, 5.74) is 1.16. The van der Waals surface area contributed by atoms with E-state index >= 15 is 0 Å². The standard InChI is InChI=1S/C11H16FNO3/c1-7(12)9-4-8(6-16-13)5-10(14-2)11(9)15-3/h4-5,7H,6,13H2,1-3H3. The highest BCUT2D eigenvalue weighted by Gasteiger charge is 2.16. The molecular formula is C11H16FNO3. The smallest absolute Gasteiger partial charge is 0.166 e. The van der Waals surface area contributed by atoms with Crippen molar-refractivity contribution in [1.29, 1.82) is 0 Å². The Kier molecular flexibility index (Phi) is 4.52. The van der Waals surface area contributed by atoms with E-state index in [1.54, 1.807) is 12.1 Å². The fourth-order valence-corrected chi connectivity index (χ4v) is 1.53. The molecule has 0 saturated carbocycles. The van der Waals surface area contributed by atoms with Gasteiger partial charge in [0.05, 0.1) is 20.8 Å². The van der Waals surface area contributed by atoms with Crippen molar-refractivity contribution in [2.24, 2.45) is 5.90 Å².